The third kappa shape index (κ3) is 3.12. The quantitative estimate of drug-likeness (QED) is 0.507. The Labute approximate surface area is 66.3 Å². The zero-order valence-electron chi connectivity index (χ0n) is 6.68. The van der Waals surface area contributed by atoms with Crippen molar-refractivity contribution in [1.29, 1.82) is 0 Å². The molecule has 0 spiro atoms. The number of nitrogens with zero attached hydrogens (tertiary/aromatic N) is 1. The van der Waals surface area contributed by atoms with E-state index in [0.29, 0.717) is 0 Å². The third-order valence-electron chi connectivity index (χ3n) is 1.59. The molecule has 0 unspecified atom stereocenters. The van der Waals surface area contributed by atoms with E-state index in [4.69, 9.17) is 0 Å². The highest BCUT2D eigenvalue weighted by atomic mass is 19.1. The van der Waals surface area contributed by atoms with Gasteiger partial charge in [-0.25, -0.2) is 4.39 Å². The minimum Gasteiger partial charge on any atom is -0.263 e. The monoisotopic (exact) mass is 153 g/mol. The van der Waals surface area contributed by atoms with Gasteiger partial charge in [-0.05, 0) is 32.3 Å². The maximum atomic E-state index is 12.6. The van der Waals surface area contributed by atoms with Crippen LogP contribution in [-0.4, -0.2) is 5.71 Å². The van der Waals surface area contributed by atoms with Crippen LogP contribution in [0.4, 0.5) is 4.39 Å². The summed E-state index contributed by atoms with van der Waals surface area (Å²) in [4.78, 5) is 3.95. The number of allylic oxidation sites excluding steroid dienone is 3. The number of hydrogen-bond acceptors (Lipinski definition) is 1. The van der Waals surface area contributed by atoms with Crippen LogP contribution in [0.15, 0.2) is 29.2 Å². The SMILES string of the molecule is CC1=N/C=C(F)\C=C/CCC1. The Morgan fingerprint density at radius 1 is 1.55 bits per heavy atom. The van der Waals surface area contributed by atoms with Crippen LogP contribution in [0.25, 0.3) is 0 Å². The van der Waals surface area contributed by atoms with E-state index in [1.807, 2.05) is 13.0 Å². The zero-order chi connectivity index (χ0) is 8.10. The second-order valence-corrected chi connectivity index (χ2v) is 2.67. The molecule has 1 heterocycles. The normalized spacial score (nSPS) is 27.1. The second-order valence-electron chi connectivity index (χ2n) is 2.67. The highest BCUT2D eigenvalue weighted by Crippen LogP contribution is 2.07. The van der Waals surface area contributed by atoms with Crippen molar-refractivity contribution in [3.05, 3.63) is 24.2 Å². The van der Waals surface area contributed by atoms with Crippen LogP contribution >= 0.6 is 0 Å². The molecule has 1 nitrogen and oxygen atoms in total. The van der Waals surface area contributed by atoms with Crippen LogP contribution in [0.5, 0.6) is 0 Å². The molecule has 0 atom stereocenters. The van der Waals surface area contributed by atoms with Gasteiger partial charge in [0.1, 0.15) is 5.83 Å². The first-order chi connectivity index (χ1) is 5.29. The molecule has 0 saturated heterocycles. The Balaban J connectivity index is 2.72. The molecule has 0 N–H and O–H groups in total. The van der Waals surface area contributed by atoms with Crippen molar-refractivity contribution < 1.29 is 4.39 Å². The van der Waals surface area contributed by atoms with Gasteiger partial charge in [0.05, 0.1) is 6.20 Å². The molecule has 0 saturated carbocycles. The van der Waals surface area contributed by atoms with Gasteiger partial charge >= 0.3 is 0 Å². The number of halogens is 1. The Kier molecular flexibility index (Phi) is 3.02. The minimum atomic E-state index is -0.258. The van der Waals surface area contributed by atoms with Crippen LogP contribution in [0.3, 0.4) is 0 Å². The van der Waals surface area contributed by atoms with Gasteiger partial charge in [-0.2, -0.15) is 0 Å². The summed E-state index contributed by atoms with van der Waals surface area (Å²) in [7, 11) is 0. The minimum absolute atomic E-state index is 0.258. The summed E-state index contributed by atoms with van der Waals surface area (Å²) in [5.41, 5.74) is 1.00. The van der Waals surface area contributed by atoms with E-state index < -0.39 is 0 Å². The number of rotatable bonds is 0. The average molecular weight is 153 g/mol. The van der Waals surface area contributed by atoms with E-state index in [-0.39, 0.29) is 5.83 Å². The fourth-order valence-corrected chi connectivity index (χ4v) is 0.951. The van der Waals surface area contributed by atoms with Crippen molar-refractivity contribution in [2.75, 3.05) is 0 Å². The molecule has 0 aromatic heterocycles. The Bertz CT molecular complexity index is 214. The fraction of sp³-hybridized carbons (Fsp3) is 0.444. The van der Waals surface area contributed by atoms with Gasteiger partial charge in [0.15, 0.2) is 0 Å². The first-order valence-electron chi connectivity index (χ1n) is 3.84. The van der Waals surface area contributed by atoms with Gasteiger partial charge in [-0.15, -0.1) is 0 Å². The van der Waals surface area contributed by atoms with Gasteiger partial charge < -0.3 is 0 Å². The standard InChI is InChI=1S/C9H12FN/c1-8-5-3-2-4-6-9(10)7-11-8/h4,6-7H,2-3,5H2,1H3/b6-4-,9-7+,11-8?. The lowest BCUT2D eigenvalue weighted by Gasteiger charge is -1.93. The zero-order valence-corrected chi connectivity index (χ0v) is 6.68. The molecule has 0 aromatic carbocycles. The molecule has 11 heavy (non-hydrogen) atoms. The summed E-state index contributed by atoms with van der Waals surface area (Å²) in [5, 5.41) is 0. The van der Waals surface area contributed by atoms with Gasteiger partial charge in [0, 0.05) is 5.71 Å². The first-order valence-corrected chi connectivity index (χ1v) is 3.84. The maximum Gasteiger partial charge on any atom is 0.141 e. The lowest BCUT2D eigenvalue weighted by atomic mass is 10.2. The van der Waals surface area contributed by atoms with Crippen molar-refractivity contribution in [2.45, 2.75) is 26.2 Å². The molecule has 0 amide bonds. The van der Waals surface area contributed by atoms with Crippen molar-refractivity contribution >= 4 is 5.71 Å². The highest BCUT2D eigenvalue weighted by Gasteiger charge is 1.93. The highest BCUT2D eigenvalue weighted by molar-refractivity contribution is 5.82. The van der Waals surface area contributed by atoms with Crippen molar-refractivity contribution in [2.24, 2.45) is 4.99 Å². The molecular formula is C9H12FN. The molecule has 1 aliphatic heterocycles. The van der Waals surface area contributed by atoms with E-state index in [1.165, 1.54) is 12.3 Å². The average Bonchev–Trinajstić information content (AvgIpc) is 2.06. The van der Waals surface area contributed by atoms with Gasteiger partial charge in [-0.3, -0.25) is 4.99 Å². The summed E-state index contributed by atoms with van der Waals surface area (Å²) >= 11 is 0. The van der Waals surface area contributed by atoms with E-state index in [2.05, 4.69) is 4.99 Å². The molecule has 60 valence electrons. The Hall–Kier alpha value is -0.920. The molecule has 1 rings (SSSR count). The molecule has 0 radical (unpaired) electrons. The molecule has 0 fully saturated rings. The van der Waals surface area contributed by atoms with Crippen molar-refractivity contribution in [1.82, 2.24) is 0 Å². The Morgan fingerprint density at radius 3 is 3.18 bits per heavy atom. The molecule has 0 aromatic rings. The summed E-state index contributed by atoms with van der Waals surface area (Å²) in [6.07, 6.45) is 7.56. The van der Waals surface area contributed by atoms with Crippen molar-refractivity contribution in [3.63, 3.8) is 0 Å². The Morgan fingerprint density at radius 2 is 2.36 bits per heavy atom. The summed E-state index contributed by atoms with van der Waals surface area (Å²) in [6.45, 7) is 1.93. The summed E-state index contributed by atoms with van der Waals surface area (Å²) in [6, 6.07) is 0. The number of aliphatic imine (C=N–C) groups is 1. The van der Waals surface area contributed by atoms with Gasteiger partial charge in [-0.1, -0.05) is 6.08 Å². The van der Waals surface area contributed by atoms with Crippen LogP contribution in [0, 0.1) is 0 Å². The van der Waals surface area contributed by atoms with E-state index in [1.54, 1.807) is 0 Å². The largest absolute Gasteiger partial charge is 0.263 e. The van der Waals surface area contributed by atoms with Gasteiger partial charge in [0.2, 0.25) is 0 Å². The van der Waals surface area contributed by atoms with Crippen LogP contribution in [-0.2, 0) is 0 Å². The molecule has 0 aliphatic carbocycles. The van der Waals surface area contributed by atoms with E-state index >= 15 is 0 Å². The molecule has 1 aliphatic rings. The summed E-state index contributed by atoms with van der Waals surface area (Å²) in [5.74, 6) is -0.258. The van der Waals surface area contributed by atoms with Gasteiger partial charge in [0.25, 0.3) is 0 Å². The second kappa shape index (κ2) is 4.06. The summed E-state index contributed by atoms with van der Waals surface area (Å²) < 4.78 is 12.6. The molecule has 2 heteroatoms. The van der Waals surface area contributed by atoms with Crippen LogP contribution in [0.1, 0.15) is 26.2 Å². The molecule has 0 bridgehead atoms. The fourth-order valence-electron chi connectivity index (χ4n) is 0.951. The van der Waals surface area contributed by atoms with Crippen LogP contribution in [0.2, 0.25) is 0 Å². The third-order valence-corrected chi connectivity index (χ3v) is 1.59. The lowest BCUT2D eigenvalue weighted by Crippen LogP contribution is -1.88. The topological polar surface area (TPSA) is 12.4 Å². The predicted molar refractivity (Wildman–Crippen MR) is 45.3 cm³/mol. The van der Waals surface area contributed by atoms with Crippen molar-refractivity contribution in [3.8, 4) is 0 Å². The lowest BCUT2D eigenvalue weighted by molar-refractivity contribution is 0.663. The van der Waals surface area contributed by atoms with Crippen LogP contribution < -0.4 is 0 Å². The predicted octanol–water partition coefficient (Wildman–Crippen LogP) is 3.00. The maximum absolute atomic E-state index is 12.6. The molecular weight excluding hydrogens is 141 g/mol. The van der Waals surface area contributed by atoms with E-state index in [9.17, 15) is 4.39 Å². The first kappa shape index (κ1) is 8.18. The van der Waals surface area contributed by atoms with E-state index in [0.717, 1.165) is 25.0 Å². The smallest absolute Gasteiger partial charge is 0.141 e. The number of hydrogen-bond donors (Lipinski definition) is 0.